The van der Waals surface area contributed by atoms with Crippen molar-refractivity contribution in [2.75, 3.05) is 0 Å². The highest BCUT2D eigenvalue weighted by Gasteiger charge is 2.09. The molecule has 9 heteroatoms. The molecule has 0 atom stereocenters. The number of hydrogen-bond donors (Lipinski definition) is 1. The Hall–Kier alpha value is -3.52. The summed E-state index contributed by atoms with van der Waals surface area (Å²) in [6.45, 7) is 0.386. The quantitative estimate of drug-likeness (QED) is 0.401. The fourth-order valence-electron chi connectivity index (χ4n) is 2.29. The molecule has 0 aliphatic carbocycles. The smallest absolute Gasteiger partial charge is 0.268 e. The number of rotatable bonds is 6. The van der Waals surface area contributed by atoms with Gasteiger partial charge in [0.1, 0.15) is 0 Å². The fraction of sp³-hybridized carbons (Fsp3) is 0.0556. The number of non-ortho nitro benzene ring substituents is 1. The van der Waals surface area contributed by atoms with Crippen molar-refractivity contribution in [2.24, 2.45) is 5.10 Å². The molecule has 0 saturated heterocycles. The summed E-state index contributed by atoms with van der Waals surface area (Å²) >= 11 is 5.88. The maximum absolute atomic E-state index is 12.1. The van der Waals surface area contributed by atoms with Gasteiger partial charge < -0.3 is 0 Å². The van der Waals surface area contributed by atoms with Crippen LogP contribution in [0.25, 0.3) is 0 Å². The highest BCUT2D eigenvalue weighted by molar-refractivity contribution is 6.30. The molecular formula is C18H14ClN5O3. The number of nitro benzene ring substituents is 1. The van der Waals surface area contributed by atoms with Gasteiger partial charge in [-0.2, -0.15) is 10.2 Å². The van der Waals surface area contributed by atoms with Crippen LogP contribution < -0.4 is 5.43 Å². The Bertz CT molecular complexity index is 998. The molecular weight excluding hydrogens is 370 g/mol. The number of carbonyl (C=O) groups excluding carboxylic acids is 1. The lowest BCUT2D eigenvalue weighted by atomic mass is 10.2. The molecule has 0 unspecified atom stereocenters. The average molecular weight is 384 g/mol. The average Bonchev–Trinajstić information content (AvgIpc) is 3.11. The molecule has 0 aliphatic heterocycles. The summed E-state index contributed by atoms with van der Waals surface area (Å²) in [5.41, 5.74) is 4.22. The van der Waals surface area contributed by atoms with E-state index >= 15 is 0 Å². The molecule has 1 amide bonds. The van der Waals surface area contributed by atoms with Gasteiger partial charge in [0.15, 0.2) is 5.69 Å². The first-order chi connectivity index (χ1) is 13.0. The molecule has 1 N–H and O–H groups in total. The number of carbonyl (C=O) groups is 1. The zero-order chi connectivity index (χ0) is 19.2. The van der Waals surface area contributed by atoms with E-state index in [9.17, 15) is 14.9 Å². The molecule has 0 saturated carbocycles. The van der Waals surface area contributed by atoms with E-state index in [0.717, 1.165) is 11.1 Å². The van der Waals surface area contributed by atoms with E-state index in [1.807, 2.05) is 0 Å². The zero-order valence-electron chi connectivity index (χ0n) is 13.9. The lowest BCUT2D eigenvalue weighted by Gasteiger charge is -2.01. The third kappa shape index (κ3) is 4.99. The van der Waals surface area contributed by atoms with Gasteiger partial charge in [-0.1, -0.05) is 35.9 Å². The van der Waals surface area contributed by atoms with E-state index in [4.69, 9.17) is 11.6 Å². The predicted molar refractivity (Wildman–Crippen MR) is 101 cm³/mol. The second-order valence-corrected chi connectivity index (χ2v) is 6.01. The maximum Gasteiger partial charge on any atom is 0.291 e. The van der Waals surface area contributed by atoms with Crippen LogP contribution in [0.1, 0.15) is 21.6 Å². The highest BCUT2D eigenvalue weighted by Crippen LogP contribution is 2.13. The lowest BCUT2D eigenvalue weighted by molar-refractivity contribution is -0.384. The van der Waals surface area contributed by atoms with Gasteiger partial charge in [-0.05, 0) is 29.3 Å². The molecule has 1 aromatic heterocycles. The van der Waals surface area contributed by atoms with E-state index in [1.54, 1.807) is 53.3 Å². The number of benzene rings is 2. The minimum Gasteiger partial charge on any atom is -0.268 e. The van der Waals surface area contributed by atoms with Crippen LogP contribution in [0.3, 0.4) is 0 Å². The third-order valence-electron chi connectivity index (χ3n) is 3.59. The molecule has 0 fully saturated rings. The van der Waals surface area contributed by atoms with E-state index < -0.39 is 10.8 Å². The Labute approximate surface area is 159 Å². The van der Waals surface area contributed by atoms with Gasteiger partial charge in [0.05, 0.1) is 17.7 Å². The Kier molecular flexibility index (Phi) is 5.58. The van der Waals surface area contributed by atoms with Crippen LogP contribution in [-0.4, -0.2) is 26.8 Å². The molecule has 0 spiro atoms. The van der Waals surface area contributed by atoms with Crippen molar-refractivity contribution in [1.29, 1.82) is 0 Å². The molecule has 8 nitrogen and oxygen atoms in total. The predicted octanol–water partition coefficient (Wildman–Crippen LogP) is 3.26. The number of nitrogens with zero attached hydrogens (tertiary/aromatic N) is 4. The monoisotopic (exact) mass is 383 g/mol. The number of amides is 1. The van der Waals surface area contributed by atoms with E-state index in [-0.39, 0.29) is 11.4 Å². The standard InChI is InChI=1S/C18H14ClN5O3/c19-15-3-1-2-14(10-15)11-20-21-18(25)17-8-9-23(22-17)12-13-4-6-16(7-5-13)24(26)27/h1-11H,12H2,(H,21,25). The Balaban J connectivity index is 1.59. The number of nitro groups is 1. The molecule has 3 aromatic rings. The molecule has 0 radical (unpaired) electrons. The normalized spacial score (nSPS) is 10.9. The summed E-state index contributed by atoms with van der Waals surface area (Å²) in [7, 11) is 0. The van der Waals surface area contributed by atoms with Gasteiger partial charge in [0, 0.05) is 23.4 Å². The molecule has 3 rings (SSSR count). The SMILES string of the molecule is O=C(NN=Cc1cccc(Cl)c1)c1ccn(Cc2ccc([N+](=O)[O-])cc2)n1. The van der Waals surface area contributed by atoms with Crippen LogP contribution in [0.4, 0.5) is 5.69 Å². The number of hydrazone groups is 1. The Morgan fingerprint density at radius 1 is 1.26 bits per heavy atom. The Morgan fingerprint density at radius 2 is 2.04 bits per heavy atom. The largest absolute Gasteiger partial charge is 0.291 e. The summed E-state index contributed by atoms with van der Waals surface area (Å²) in [5.74, 6) is -0.448. The molecule has 136 valence electrons. The van der Waals surface area contributed by atoms with Crippen molar-refractivity contribution in [3.8, 4) is 0 Å². The van der Waals surface area contributed by atoms with Gasteiger partial charge in [-0.15, -0.1) is 0 Å². The molecule has 27 heavy (non-hydrogen) atoms. The van der Waals surface area contributed by atoms with Gasteiger partial charge in [0.2, 0.25) is 0 Å². The summed E-state index contributed by atoms with van der Waals surface area (Å²) < 4.78 is 1.57. The first kappa shape index (κ1) is 18.3. The second-order valence-electron chi connectivity index (χ2n) is 5.58. The van der Waals surface area contributed by atoms with Crippen molar-refractivity contribution < 1.29 is 9.72 Å². The number of hydrogen-bond acceptors (Lipinski definition) is 5. The second kappa shape index (κ2) is 8.24. The van der Waals surface area contributed by atoms with Gasteiger partial charge in [-0.25, -0.2) is 5.43 Å². The van der Waals surface area contributed by atoms with Crippen molar-refractivity contribution in [3.05, 3.63) is 92.8 Å². The summed E-state index contributed by atoms with van der Waals surface area (Å²) in [6.07, 6.45) is 3.13. The highest BCUT2D eigenvalue weighted by atomic mass is 35.5. The van der Waals surface area contributed by atoms with Crippen LogP contribution >= 0.6 is 11.6 Å². The van der Waals surface area contributed by atoms with Crippen LogP contribution in [0, 0.1) is 10.1 Å². The number of nitrogens with one attached hydrogen (secondary N) is 1. The van der Waals surface area contributed by atoms with Crippen LogP contribution in [-0.2, 0) is 6.54 Å². The zero-order valence-corrected chi connectivity index (χ0v) is 14.7. The van der Waals surface area contributed by atoms with Crippen molar-refractivity contribution in [3.63, 3.8) is 0 Å². The van der Waals surface area contributed by atoms with Gasteiger partial charge in [0.25, 0.3) is 11.6 Å². The molecule has 1 heterocycles. The van der Waals surface area contributed by atoms with Crippen LogP contribution in [0.2, 0.25) is 5.02 Å². The molecule has 2 aromatic carbocycles. The summed E-state index contributed by atoms with van der Waals surface area (Å²) in [4.78, 5) is 22.3. The first-order valence-electron chi connectivity index (χ1n) is 7.87. The van der Waals surface area contributed by atoms with Gasteiger partial charge in [-0.3, -0.25) is 19.6 Å². The van der Waals surface area contributed by atoms with Crippen LogP contribution in [0.5, 0.6) is 0 Å². The van der Waals surface area contributed by atoms with E-state index in [1.165, 1.54) is 18.3 Å². The Morgan fingerprint density at radius 3 is 2.74 bits per heavy atom. The number of aromatic nitrogens is 2. The fourth-order valence-corrected chi connectivity index (χ4v) is 2.49. The van der Waals surface area contributed by atoms with E-state index in [2.05, 4.69) is 15.6 Å². The summed E-state index contributed by atoms with van der Waals surface area (Å²) in [6, 6.07) is 14.8. The van der Waals surface area contributed by atoms with Crippen molar-refractivity contribution in [1.82, 2.24) is 15.2 Å². The van der Waals surface area contributed by atoms with E-state index in [0.29, 0.717) is 11.6 Å². The minimum atomic E-state index is -0.454. The summed E-state index contributed by atoms with van der Waals surface area (Å²) in [5, 5.41) is 19.3. The molecule has 0 bridgehead atoms. The third-order valence-corrected chi connectivity index (χ3v) is 3.83. The lowest BCUT2D eigenvalue weighted by Crippen LogP contribution is -2.18. The topological polar surface area (TPSA) is 102 Å². The minimum absolute atomic E-state index is 0.0249. The van der Waals surface area contributed by atoms with Gasteiger partial charge >= 0.3 is 0 Å². The maximum atomic E-state index is 12.1. The number of halogens is 1. The first-order valence-corrected chi connectivity index (χ1v) is 8.25. The van der Waals surface area contributed by atoms with Crippen LogP contribution in [0.15, 0.2) is 65.9 Å². The van der Waals surface area contributed by atoms with Crippen molar-refractivity contribution >= 4 is 29.4 Å². The molecule has 0 aliphatic rings. The van der Waals surface area contributed by atoms with Crippen molar-refractivity contribution in [2.45, 2.75) is 6.54 Å².